The highest BCUT2D eigenvalue weighted by Gasteiger charge is 2.29. The minimum atomic E-state index is -4.12. The molecule has 0 saturated heterocycles. The van der Waals surface area contributed by atoms with Crippen LogP contribution < -0.4 is 19.5 Å². The van der Waals surface area contributed by atoms with Crippen LogP contribution in [0, 0.1) is 0 Å². The number of nitrogens with zero attached hydrogens (tertiary/aromatic N) is 3. The van der Waals surface area contributed by atoms with E-state index in [1.165, 1.54) is 26.4 Å². The molecule has 4 aromatic rings. The fourth-order valence-corrected chi connectivity index (χ4v) is 5.38. The molecule has 0 saturated carbocycles. The molecule has 0 aliphatic rings. The Kier molecular flexibility index (Phi) is 6.20. The van der Waals surface area contributed by atoms with Gasteiger partial charge in [-0.25, -0.2) is 13.2 Å². The van der Waals surface area contributed by atoms with E-state index in [1.54, 1.807) is 18.2 Å². The number of nitrogens with two attached hydrogens (primary N) is 1. The number of hydrogen-bond donors (Lipinski definition) is 1. The summed E-state index contributed by atoms with van der Waals surface area (Å²) in [5.74, 6) is 0.289. The molecule has 0 radical (unpaired) electrons. The normalized spacial score (nSPS) is 11.5. The number of pyridine rings is 1. The van der Waals surface area contributed by atoms with Crippen LogP contribution in [-0.2, 0) is 21.8 Å². The van der Waals surface area contributed by atoms with E-state index in [2.05, 4.69) is 4.98 Å². The van der Waals surface area contributed by atoms with Gasteiger partial charge in [-0.15, -0.1) is 0 Å². The Morgan fingerprint density at radius 1 is 1.03 bits per heavy atom. The molecular weight excluding hydrogens is 460 g/mol. The highest BCUT2D eigenvalue weighted by Crippen LogP contribution is 2.35. The summed E-state index contributed by atoms with van der Waals surface area (Å²) in [5.41, 5.74) is 7.11. The van der Waals surface area contributed by atoms with E-state index >= 15 is 0 Å². The van der Waals surface area contributed by atoms with E-state index in [-0.39, 0.29) is 35.5 Å². The van der Waals surface area contributed by atoms with E-state index in [1.807, 2.05) is 35.9 Å². The fraction of sp³-hybridized carbons (Fsp3) is 0.217. The number of aryl methyl sites for hydroxylation is 1. The number of aromatic nitrogens is 2. The van der Waals surface area contributed by atoms with Gasteiger partial charge in [-0.2, -0.15) is 4.98 Å². The van der Waals surface area contributed by atoms with E-state index in [9.17, 15) is 13.2 Å². The highest BCUT2D eigenvalue weighted by molar-refractivity contribution is 7.92. The Labute approximate surface area is 196 Å². The number of rotatable bonds is 8. The summed E-state index contributed by atoms with van der Waals surface area (Å²) >= 11 is 0. The zero-order valence-electron chi connectivity index (χ0n) is 18.9. The summed E-state index contributed by atoms with van der Waals surface area (Å²) in [6.07, 6.45) is -1.01. The third-order valence-corrected chi connectivity index (χ3v) is 7.31. The lowest BCUT2D eigenvalue weighted by Crippen LogP contribution is -2.35. The first kappa shape index (κ1) is 23.2. The number of anilines is 1. The number of carbonyl (C=O) groups is 1. The molecule has 0 aliphatic heterocycles. The smallest absolute Gasteiger partial charge is 0.404 e. The molecule has 4 rings (SSSR count). The highest BCUT2D eigenvalue weighted by atomic mass is 32.2. The van der Waals surface area contributed by atoms with Crippen molar-refractivity contribution in [1.82, 2.24) is 9.55 Å². The van der Waals surface area contributed by atoms with Gasteiger partial charge < -0.3 is 24.5 Å². The van der Waals surface area contributed by atoms with Gasteiger partial charge in [0.05, 0.1) is 25.7 Å². The maximum Gasteiger partial charge on any atom is 0.404 e. The van der Waals surface area contributed by atoms with Crippen molar-refractivity contribution >= 4 is 43.6 Å². The molecule has 0 fully saturated rings. The van der Waals surface area contributed by atoms with Crippen LogP contribution >= 0.6 is 0 Å². The van der Waals surface area contributed by atoms with Crippen LogP contribution in [0.25, 0.3) is 21.8 Å². The summed E-state index contributed by atoms with van der Waals surface area (Å²) in [5, 5.41) is 1.73. The van der Waals surface area contributed by atoms with Gasteiger partial charge >= 0.3 is 6.09 Å². The van der Waals surface area contributed by atoms with Crippen molar-refractivity contribution in [3.63, 3.8) is 0 Å². The molecule has 2 N–H and O–H groups in total. The molecule has 1 amide bonds. The van der Waals surface area contributed by atoms with Gasteiger partial charge in [-0.3, -0.25) is 4.31 Å². The first-order valence-corrected chi connectivity index (χ1v) is 11.7. The first-order valence-electron chi connectivity index (χ1n) is 10.3. The molecule has 10 nitrogen and oxygen atoms in total. The molecule has 2 aromatic carbocycles. The van der Waals surface area contributed by atoms with Crippen molar-refractivity contribution < 1.29 is 27.4 Å². The lowest BCUT2D eigenvalue weighted by Gasteiger charge is -2.25. The Morgan fingerprint density at radius 2 is 1.76 bits per heavy atom. The largest absolute Gasteiger partial charge is 0.481 e. The van der Waals surface area contributed by atoms with Gasteiger partial charge in [-0.1, -0.05) is 18.2 Å². The molecule has 11 heteroatoms. The van der Waals surface area contributed by atoms with Crippen LogP contribution in [0.15, 0.2) is 59.5 Å². The Hall–Kier alpha value is -3.99. The van der Waals surface area contributed by atoms with Crippen molar-refractivity contribution in [3.05, 3.63) is 54.6 Å². The van der Waals surface area contributed by atoms with Crippen LogP contribution in [-0.4, -0.2) is 51.4 Å². The molecule has 178 valence electrons. The van der Waals surface area contributed by atoms with Crippen molar-refractivity contribution in [1.29, 1.82) is 0 Å². The molecule has 0 aliphatic carbocycles. The van der Waals surface area contributed by atoms with Crippen molar-refractivity contribution in [2.75, 3.05) is 31.7 Å². The number of carbonyl (C=O) groups excluding carboxylic acids is 1. The van der Waals surface area contributed by atoms with Crippen LogP contribution in [0.4, 0.5) is 10.5 Å². The topological polar surface area (TPSA) is 126 Å². The first-order chi connectivity index (χ1) is 16.3. The van der Waals surface area contributed by atoms with Gasteiger partial charge in [0, 0.05) is 34.9 Å². The number of amides is 1. The summed E-state index contributed by atoms with van der Waals surface area (Å²) in [4.78, 5) is 15.3. The number of primary amides is 1. The van der Waals surface area contributed by atoms with Crippen molar-refractivity contribution in [2.24, 2.45) is 12.8 Å². The maximum atomic E-state index is 13.9. The number of methoxy groups -OCH3 is 2. The minimum absolute atomic E-state index is 0.0354. The Bertz CT molecular complexity index is 1480. The lowest BCUT2D eigenvalue weighted by molar-refractivity contribution is 0.160. The number of sulfonamides is 1. The standard InChI is InChI=1S/C23H24N4O6S/c1-26-18-7-5-4-6-16(18)17-14-15(8-9-19(17)26)34(29,30)27(12-13-33-23(24)28)20-10-11-21(31-2)25-22(20)32-3/h4-11,14H,12-13H2,1-3H3,(H2,24,28). The van der Waals surface area contributed by atoms with Gasteiger partial charge in [0.1, 0.15) is 12.3 Å². The average molecular weight is 485 g/mol. The second kappa shape index (κ2) is 9.10. The Morgan fingerprint density at radius 3 is 2.47 bits per heavy atom. The quantitative estimate of drug-likeness (QED) is 0.407. The molecule has 0 atom stereocenters. The summed E-state index contributed by atoms with van der Waals surface area (Å²) in [6.45, 7) is -0.469. The molecular formula is C23H24N4O6S. The summed E-state index contributed by atoms with van der Waals surface area (Å²) in [7, 11) is 0.621. The zero-order chi connectivity index (χ0) is 24.5. The Balaban J connectivity index is 1.86. The zero-order valence-corrected chi connectivity index (χ0v) is 19.7. The molecule has 0 bridgehead atoms. The molecule has 2 heterocycles. The van der Waals surface area contributed by atoms with Crippen LogP contribution in [0.5, 0.6) is 11.8 Å². The maximum absolute atomic E-state index is 13.9. The number of para-hydroxylation sites is 1. The second-order valence-corrected chi connectivity index (χ2v) is 9.24. The number of ether oxygens (including phenoxy) is 3. The summed E-state index contributed by atoms with van der Waals surface area (Å²) in [6, 6.07) is 15.7. The predicted molar refractivity (Wildman–Crippen MR) is 128 cm³/mol. The molecule has 0 spiro atoms. The van der Waals surface area contributed by atoms with E-state index in [0.717, 1.165) is 26.1 Å². The number of hydrogen-bond acceptors (Lipinski definition) is 7. The summed E-state index contributed by atoms with van der Waals surface area (Å²) < 4.78 is 46.0. The van der Waals surface area contributed by atoms with Crippen molar-refractivity contribution in [2.45, 2.75) is 4.90 Å². The van der Waals surface area contributed by atoms with E-state index in [0.29, 0.717) is 0 Å². The van der Waals surface area contributed by atoms with Gasteiger partial charge in [0.25, 0.3) is 10.0 Å². The molecule has 34 heavy (non-hydrogen) atoms. The predicted octanol–water partition coefficient (Wildman–Crippen LogP) is 3.03. The van der Waals surface area contributed by atoms with Crippen LogP contribution in [0.1, 0.15) is 0 Å². The van der Waals surface area contributed by atoms with Crippen LogP contribution in [0.2, 0.25) is 0 Å². The average Bonchev–Trinajstić information content (AvgIpc) is 3.13. The van der Waals surface area contributed by atoms with Crippen molar-refractivity contribution in [3.8, 4) is 11.8 Å². The molecule has 0 unspecified atom stereocenters. The van der Waals surface area contributed by atoms with E-state index < -0.39 is 16.1 Å². The number of fused-ring (bicyclic) bond motifs is 3. The molecule has 2 aromatic heterocycles. The lowest BCUT2D eigenvalue weighted by atomic mass is 10.1. The van der Waals surface area contributed by atoms with Gasteiger partial charge in [0.2, 0.25) is 11.8 Å². The fourth-order valence-electron chi connectivity index (χ4n) is 3.90. The van der Waals surface area contributed by atoms with Crippen LogP contribution in [0.3, 0.4) is 0 Å². The number of benzene rings is 2. The monoisotopic (exact) mass is 484 g/mol. The van der Waals surface area contributed by atoms with E-state index in [4.69, 9.17) is 19.9 Å². The minimum Gasteiger partial charge on any atom is -0.481 e. The van der Waals surface area contributed by atoms with Gasteiger partial charge in [0.15, 0.2) is 0 Å². The van der Waals surface area contributed by atoms with Gasteiger partial charge in [-0.05, 0) is 30.3 Å². The third-order valence-electron chi connectivity index (χ3n) is 5.50. The third kappa shape index (κ3) is 4.05. The SMILES string of the molecule is COc1ccc(N(CCOC(N)=O)S(=O)(=O)c2ccc3c(c2)c2ccccc2n3C)c(OC)n1. The second-order valence-electron chi connectivity index (χ2n) is 7.38.